The quantitative estimate of drug-likeness (QED) is 0.696. The van der Waals surface area contributed by atoms with Gasteiger partial charge >= 0.3 is 0 Å². The molecule has 7 heteroatoms. The van der Waals surface area contributed by atoms with Gasteiger partial charge in [-0.15, -0.1) is 0 Å². The van der Waals surface area contributed by atoms with Gasteiger partial charge in [0.25, 0.3) is 10.0 Å². The Bertz CT molecular complexity index is 1010. The second-order valence-electron chi connectivity index (χ2n) is 6.17. The number of aromatic nitrogens is 2. The van der Waals surface area contributed by atoms with E-state index in [4.69, 9.17) is 11.6 Å². The normalized spacial score (nSPS) is 15.6. The van der Waals surface area contributed by atoms with Crippen molar-refractivity contribution in [1.82, 2.24) is 8.96 Å². The number of piperidine rings is 1. The van der Waals surface area contributed by atoms with Crippen molar-refractivity contribution in [3.8, 4) is 0 Å². The summed E-state index contributed by atoms with van der Waals surface area (Å²) in [6.45, 7) is 1.64. The zero-order valence-electron chi connectivity index (χ0n) is 13.6. The van der Waals surface area contributed by atoms with E-state index in [0.717, 1.165) is 25.9 Å². The third kappa shape index (κ3) is 2.89. The summed E-state index contributed by atoms with van der Waals surface area (Å²) in [5.74, 6) is 0.496. The minimum absolute atomic E-state index is 0.207. The lowest BCUT2D eigenvalue weighted by atomic mass is 10.1. The number of hydrogen-bond donors (Lipinski definition) is 0. The number of nitrogens with zero attached hydrogens (tertiary/aromatic N) is 3. The van der Waals surface area contributed by atoms with Gasteiger partial charge in [-0.05, 0) is 55.7 Å². The van der Waals surface area contributed by atoms with Gasteiger partial charge in [0.2, 0.25) is 5.95 Å². The molecule has 1 saturated heterocycles. The third-order valence-corrected chi connectivity index (χ3v) is 6.45. The van der Waals surface area contributed by atoms with Crippen LogP contribution >= 0.6 is 11.6 Å². The maximum Gasteiger partial charge on any atom is 0.271 e. The first kappa shape index (κ1) is 16.4. The number of para-hydroxylation sites is 2. The summed E-state index contributed by atoms with van der Waals surface area (Å²) < 4.78 is 28.0. The molecule has 2 heterocycles. The van der Waals surface area contributed by atoms with E-state index in [1.807, 2.05) is 18.2 Å². The molecular formula is C18H18ClN3O2S. The molecule has 0 spiro atoms. The van der Waals surface area contributed by atoms with Gasteiger partial charge in [0.1, 0.15) is 0 Å². The van der Waals surface area contributed by atoms with E-state index in [-0.39, 0.29) is 4.90 Å². The molecule has 25 heavy (non-hydrogen) atoms. The minimum Gasteiger partial charge on any atom is -0.341 e. The molecule has 0 bridgehead atoms. The molecular weight excluding hydrogens is 358 g/mol. The zero-order valence-corrected chi connectivity index (χ0v) is 15.2. The van der Waals surface area contributed by atoms with E-state index in [1.54, 1.807) is 18.2 Å². The van der Waals surface area contributed by atoms with Crippen molar-refractivity contribution in [3.05, 3.63) is 53.6 Å². The Morgan fingerprint density at radius 1 is 0.920 bits per heavy atom. The molecule has 0 atom stereocenters. The molecule has 1 aliphatic rings. The predicted molar refractivity (Wildman–Crippen MR) is 99.8 cm³/mol. The molecule has 5 nitrogen and oxygen atoms in total. The molecule has 0 amide bonds. The summed E-state index contributed by atoms with van der Waals surface area (Å²) in [4.78, 5) is 6.90. The highest BCUT2D eigenvalue weighted by molar-refractivity contribution is 7.90. The van der Waals surface area contributed by atoms with Crippen molar-refractivity contribution >= 4 is 38.6 Å². The third-order valence-electron chi connectivity index (χ3n) is 4.49. The average molecular weight is 376 g/mol. The lowest BCUT2D eigenvalue weighted by Gasteiger charge is -2.28. The lowest BCUT2D eigenvalue weighted by molar-refractivity contribution is 0.561. The fourth-order valence-electron chi connectivity index (χ4n) is 3.23. The van der Waals surface area contributed by atoms with E-state index in [1.165, 1.54) is 22.5 Å². The number of benzene rings is 2. The second kappa shape index (κ2) is 6.35. The van der Waals surface area contributed by atoms with Crippen LogP contribution in [0.3, 0.4) is 0 Å². The summed E-state index contributed by atoms with van der Waals surface area (Å²) in [7, 11) is -3.77. The molecule has 130 valence electrons. The van der Waals surface area contributed by atoms with Gasteiger partial charge in [-0.2, -0.15) is 0 Å². The maximum absolute atomic E-state index is 13.3. The Morgan fingerprint density at radius 2 is 1.60 bits per heavy atom. The highest BCUT2D eigenvalue weighted by atomic mass is 35.5. The topological polar surface area (TPSA) is 55.2 Å². The first-order valence-corrected chi connectivity index (χ1v) is 10.1. The summed E-state index contributed by atoms with van der Waals surface area (Å²) in [6.07, 6.45) is 3.26. The fourth-order valence-corrected chi connectivity index (χ4v) is 4.83. The van der Waals surface area contributed by atoms with Crippen molar-refractivity contribution in [2.24, 2.45) is 0 Å². The van der Waals surface area contributed by atoms with Gasteiger partial charge in [-0.25, -0.2) is 17.4 Å². The number of halogens is 1. The molecule has 1 fully saturated rings. The van der Waals surface area contributed by atoms with Gasteiger partial charge in [-0.1, -0.05) is 23.7 Å². The van der Waals surface area contributed by atoms with E-state index in [9.17, 15) is 8.42 Å². The monoisotopic (exact) mass is 375 g/mol. The molecule has 0 radical (unpaired) electrons. The molecule has 1 aromatic heterocycles. The second-order valence-corrected chi connectivity index (χ2v) is 8.39. The summed E-state index contributed by atoms with van der Waals surface area (Å²) >= 11 is 5.91. The van der Waals surface area contributed by atoms with Crippen LogP contribution in [-0.4, -0.2) is 30.5 Å². The molecule has 0 unspecified atom stereocenters. The van der Waals surface area contributed by atoms with Crippen LogP contribution in [0.4, 0.5) is 5.95 Å². The number of hydrogen-bond acceptors (Lipinski definition) is 4. The van der Waals surface area contributed by atoms with E-state index >= 15 is 0 Å². The molecule has 0 saturated carbocycles. The van der Waals surface area contributed by atoms with Gasteiger partial charge < -0.3 is 4.90 Å². The van der Waals surface area contributed by atoms with Crippen LogP contribution in [0.5, 0.6) is 0 Å². The minimum atomic E-state index is -3.77. The van der Waals surface area contributed by atoms with Gasteiger partial charge in [0.15, 0.2) is 0 Å². The zero-order chi connectivity index (χ0) is 17.4. The van der Waals surface area contributed by atoms with Crippen molar-refractivity contribution in [1.29, 1.82) is 0 Å². The number of fused-ring (bicyclic) bond motifs is 1. The molecule has 3 aromatic rings. The fraction of sp³-hybridized carbons (Fsp3) is 0.278. The first-order valence-electron chi connectivity index (χ1n) is 8.31. The van der Waals surface area contributed by atoms with E-state index < -0.39 is 10.0 Å². The van der Waals surface area contributed by atoms with Crippen LogP contribution in [0.15, 0.2) is 53.4 Å². The number of anilines is 1. The summed E-state index contributed by atoms with van der Waals surface area (Å²) in [5.41, 5.74) is 1.28. The predicted octanol–water partition coefficient (Wildman–Crippen LogP) is 3.92. The average Bonchev–Trinajstić information content (AvgIpc) is 3.03. The van der Waals surface area contributed by atoms with Crippen LogP contribution < -0.4 is 4.90 Å². The van der Waals surface area contributed by atoms with Gasteiger partial charge in [0, 0.05) is 18.1 Å². The van der Waals surface area contributed by atoms with Gasteiger partial charge in [-0.3, -0.25) is 0 Å². The SMILES string of the molecule is O=S(=O)(c1ccc(Cl)cc1)n1c(N2CCCCC2)nc2ccccc21. The van der Waals surface area contributed by atoms with Crippen molar-refractivity contribution in [2.75, 3.05) is 18.0 Å². The first-order chi connectivity index (χ1) is 12.1. The summed E-state index contributed by atoms with van der Waals surface area (Å²) in [6, 6.07) is 13.6. The van der Waals surface area contributed by atoms with Crippen molar-refractivity contribution < 1.29 is 8.42 Å². The molecule has 2 aromatic carbocycles. The maximum atomic E-state index is 13.3. The summed E-state index contributed by atoms with van der Waals surface area (Å²) in [5, 5.41) is 0.505. The van der Waals surface area contributed by atoms with Crippen LogP contribution in [0.2, 0.25) is 5.02 Å². The standard InChI is InChI=1S/C18H18ClN3O2S/c19-14-8-10-15(11-9-14)25(23,24)22-17-7-3-2-6-16(17)20-18(22)21-12-4-1-5-13-21/h2-3,6-11H,1,4-5,12-13H2. The Morgan fingerprint density at radius 3 is 2.32 bits per heavy atom. The molecule has 4 rings (SSSR count). The smallest absolute Gasteiger partial charge is 0.271 e. The number of imidazole rings is 1. The Balaban J connectivity index is 1.94. The van der Waals surface area contributed by atoms with Crippen LogP contribution in [0.1, 0.15) is 19.3 Å². The van der Waals surface area contributed by atoms with Crippen molar-refractivity contribution in [3.63, 3.8) is 0 Å². The largest absolute Gasteiger partial charge is 0.341 e. The van der Waals surface area contributed by atoms with Crippen LogP contribution in [-0.2, 0) is 10.0 Å². The van der Waals surface area contributed by atoms with E-state index in [2.05, 4.69) is 9.88 Å². The van der Waals surface area contributed by atoms with Crippen LogP contribution in [0, 0.1) is 0 Å². The highest BCUT2D eigenvalue weighted by Gasteiger charge is 2.27. The highest BCUT2D eigenvalue weighted by Crippen LogP contribution is 2.30. The molecule has 0 aliphatic carbocycles. The van der Waals surface area contributed by atoms with Gasteiger partial charge in [0.05, 0.1) is 15.9 Å². The van der Waals surface area contributed by atoms with E-state index in [0.29, 0.717) is 22.0 Å². The number of rotatable bonds is 3. The Labute approximate surface area is 151 Å². The van der Waals surface area contributed by atoms with Crippen LogP contribution in [0.25, 0.3) is 11.0 Å². The Hall–Kier alpha value is -2.05. The molecule has 1 aliphatic heterocycles. The lowest BCUT2D eigenvalue weighted by Crippen LogP contribution is -2.33. The van der Waals surface area contributed by atoms with Crippen molar-refractivity contribution in [2.45, 2.75) is 24.2 Å². The molecule has 0 N–H and O–H groups in total. The Kier molecular flexibility index (Phi) is 4.17.